The number of halogens is 1. The summed E-state index contributed by atoms with van der Waals surface area (Å²) in [5.74, 6) is -1.06. The van der Waals surface area contributed by atoms with E-state index in [2.05, 4.69) is 26.3 Å². The first-order valence-corrected chi connectivity index (χ1v) is 8.97. The zero-order chi connectivity index (χ0) is 19.7. The fraction of sp³-hybridized carbons (Fsp3) is 0.211. The maximum Gasteiger partial charge on any atom is 0.291 e. The molecule has 0 aliphatic rings. The molecule has 0 spiro atoms. The van der Waals surface area contributed by atoms with Gasteiger partial charge >= 0.3 is 0 Å². The van der Waals surface area contributed by atoms with Crippen molar-refractivity contribution in [3.8, 4) is 0 Å². The van der Waals surface area contributed by atoms with Crippen molar-refractivity contribution in [3.63, 3.8) is 0 Å². The molecule has 3 aromatic rings. The second kappa shape index (κ2) is 7.40. The van der Waals surface area contributed by atoms with Gasteiger partial charge < -0.3 is 19.6 Å². The predicted molar refractivity (Wildman–Crippen MR) is 101 cm³/mol. The second-order valence-corrected chi connectivity index (χ2v) is 6.97. The van der Waals surface area contributed by atoms with Gasteiger partial charge in [0.05, 0.1) is 28.4 Å². The lowest BCUT2D eigenvalue weighted by Crippen LogP contribution is -2.22. The summed E-state index contributed by atoms with van der Waals surface area (Å²) in [6, 6.07) is 7.68. The average molecular weight is 431 g/mol. The lowest BCUT2D eigenvalue weighted by Gasteiger charge is -2.10. The summed E-state index contributed by atoms with van der Waals surface area (Å²) in [4.78, 5) is 23.4. The van der Waals surface area contributed by atoms with Crippen LogP contribution in [0.1, 0.15) is 43.6 Å². The highest BCUT2D eigenvalue weighted by atomic mass is 79.9. The quantitative estimate of drug-likeness (QED) is 0.670. The van der Waals surface area contributed by atoms with E-state index in [1.54, 1.807) is 29.8 Å². The zero-order valence-electron chi connectivity index (χ0n) is 15.0. The maximum atomic E-state index is 12.4. The van der Waals surface area contributed by atoms with E-state index in [1.165, 1.54) is 12.1 Å². The number of hydrogen-bond acceptors (Lipinski definition) is 5. The first-order chi connectivity index (χ1) is 12.8. The summed E-state index contributed by atoms with van der Waals surface area (Å²) >= 11 is 3.48. The van der Waals surface area contributed by atoms with Crippen LogP contribution in [0.15, 0.2) is 39.2 Å². The molecule has 1 aromatic carbocycles. The standard InChI is InChI=1S/C19H18BrN3O4/c1-10-4-5-13(19(25)26)8-15(10)21-18(24)16-7-6-14(27-16)9-23-12(3)17(20)11(2)22-23/h4-8H,9H2,1-3H3,(H,21,24)(H,25,26)/p-1. The third-order valence-corrected chi connectivity index (χ3v) is 5.35. The van der Waals surface area contributed by atoms with Crippen LogP contribution in [0.2, 0.25) is 0 Å². The fourth-order valence-electron chi connectivity index (χ4n) is 2.63. The Balaban J connectivity index is 1.76. The van der Waals surface area contributed by atoms with Crippen molar-refractivity contribution in [1.29, 1.82) is 0 Å². The summed E-state index contributed by atoms with van der Waals surface area (Å²) in [5, 5.41) is 18.1. The first-order valence-electron chi connectivity index (χ1n) is 8.18. The van der Waals surface area contributed by atoms with Gasteiger partial charge in [-0.3, -0.25) is 9.48 Å². The molecule has 140 valence electrons. The molecule has 0 saturated carbocycles. The van der Waals surface area contributed by atoms with Gasteiger partial charge in [0, 0.05) is 5.69 Å². The molecule has 0 bridgehead atoms. The summed E-state index contributed by atoms with van der Waals surface area (Å²) in [5.41, 5.74) is 2.95. The number of rotatable bonds is 5. The minimum absolute atomic E-state index is 0.00821. The van der Waals surface area contributed by atoms with E-state index in [1.807, 2.05) is 13.8 Å². The lowest BCUT2D eigenvalue weighted by molar-refractivity contribution is -0.255. The van der Waals surface area contributed by atoms with E-state index >= 15 is 0 Å². The summed E-state index contributed by atoms with van der Waals surface area (Å²) < 4.78 is 8.35. The molecule has 0 atom stereocenters. The van der Waals surface area contributed by atoms with E-state index in [-0.39, 0.29) is 11.3 Å². The van der Waals surface area contributed by atoms with E-state index < -0.39 is 11.9 Å². The van der Waals surface area contributed by atoms with E-state index in [0.717, 1.165) is 21.4 Å². The van der Waals surface area contributed by atoms with E-state index in [4.69, 9.17) is 4.42 Å². The van der Waals surface area contributed by atoms with Gasteiger partial charge in [0.25, 0.3) is 5.91 Å². The van der Waals surface area contributed by atoms with Gasteiger partial charge in [-0.05, 0) is 66.0 Å². The SMILES string of the molecule is Cc1ccc(C(=O)[O-])cc1NC(=O)c1ccc(Cn2nc(C)c(Br)c2C)o1. The van der Waals surface area contributed by atoms with Crippen LogP contribution >= 0.6 is 15.9 Å². The number of aromatic nitrogens is 2. The number of furan rings is 1. The molecule has 27 heavy (non-hydrogen) atoms. The number of carbonyl (C=O) groups is 2. The maximum absolute atomic E-state index is 12.4. The Kier molecular flexibility index (Phi) is 5.18. The molecule has 0 aliphatic carbocycles. The van der Waals surface area contributed by atoms with Gasteiger partial charge in [-0.25, -0.2) is 0 Å². The van der Waals surface area contributed by atoms with Crippen LogP contribution in [0.3, 0.4) is 0 Å². The zero-order valence-corrected chi connectivity index (χ0v) is 16.6. The number of nitrogens with zero attached hydrogens (tertiary/aromatic N) is 2. The Morgan fingerprint density at radius 1 is 1.22 bits per heavy atom. The number of aromatic carboxylic acids is 1. The summed E-state index contributed by atoms with van der Waals surface area (Å²) in [6.45, 7) is 6.00. The van der Waals surface area contributed by atoms with Crippen molar-refractivity contribution in [2.24, 2.45) is 0 Å². The van der Waals surface area contributed by atoms with Gasteiger partial charge in [0.15, 0.2) is 5.76 Å². The third-order valence-electron chi connectivity index (χ3n) is 4.21. The largest absolute Gasteiger partial charge is 0.545 e. The third kappa shape index (κ3) is 3.95. The Hall–Kier alpha value is -2.87. The molecular weight excluding hydrogens is 414 g/mol. The first kappa shape index (κ1) is 18.9. The monoisotopic (exact) mass is 430 g/mol. The second-order valence-electron chi connectivity index (χ2n) is 6.18. The number of carbonyl (C=O) groups excluding carboxylic acids is 2. The van der Waals surface area contributed by atoms with Crippen molar-refractivity contribution in [2.75, 3.05) is 5.32 Å². The molecule has 0 unspecified atom stereocenters. The van der Waals surface area contributed by atoms with Crippen molar-refractivity contribution in [2.45, 2.75) is 27.3 Å². The number of carboxylic acid groups (broad SMARTS) is 1. The number of amides is 1. The van der Waals surface area contributed by atoms with Crippen LogP contribution in [0, 0.1) is 20.8 Å². The Morgan fingerprint density at radius 2 is 1.96 bits per heavy atom. The fourth-order valence-corrected chi connectivity index (χ4v) is 2.91. The van der Waals surface area contributed by atoms with Gasteiger partial charge in [-0.2, -0.15) is 5.10 Å². The average Bonchev–Trinajstić information content (AvgIpc) is 3.18. The minimum Gasteiger partial charge on any atom is -0.545 e. The number of anilines is 1. The van der Waals surface area contributed by atoms with Crippen LogP contribution in [0.4, 0.5) is 5.69 Å². The topological polar surface area (TPSA) is 100 Å². The highest BCUT2D eigenvalue weighted by Gasteiger charge is 2.15. The van der Waals surface area contributed by atoms with E-state index in [9.17, 15) is 14.7 Å². The summed E-state index contributed by atoms with van der Waals surface area (Å²) in [6.07, 6.45) is 0. The van der Waals surface area contributed by atoms with Crippen LogP contribution in [0.5, 0.6) is 0 Å². The molecule has 0 radical (unpaired) electrons. The highest BCUT2D eigenvalue weighted by Crippen LogP contribution is 2.22. The Morgan fingerprint density at radius 3 is 2.59 bits per heavy atom. The molecule has 1 amide bonds. The Labute approximate surface area is 164 Å². The number of benzene rings is 1. The van der Waals surface area contributed by atoms with Gasteiger partial charge in [0.1, 0.15) is 5.76 Å². The molecule has 2 aromatic heterocycles. The van der Waals surface area contributed by atoms with Crippen molar-refractivity contribution >= 4 is 33.5 Å². The van der Waals surface area contributed by atoms with Gasteiger partial charge in [-0.1, -0.05) is 12.1 Å². The number of nitrogens with one attached hydrogen (secondary N) is 1. The Bertz CT molecular complexity index is 1040. The van der Waals surface area contributed by atoms with Crippen molar-refractivity contribution in [3.05, 3.63) is 68.8 Å². The molecule has 0 fully saturated rings. The highest BCUT2D eigenvalue weighted by molar-refractivity contribution is 9.10. The van der Waals surface area contributed by atoms with Crippen LogP contribution in [-0.4, -0.2) is 21.7 Å². The van der Waals surface area contributed by atoms with E-state index in [0.29, 0.717) is 18.0 Å². The number of carboxylic acids is 1. The molecule has 0 saturated heterocycles. The predicted octanol–water partition coefficient (Wildman–Crippen LogP) is 2.83. The normalized spacial score (nSPS) is 10.8. The lowest BCUT2D eigenvalue weighted by atomic mass is 10.1. The minimum atomic E-state index is -1.30. The number of aryl methyl sites for hydroxylation is 2. The van der Waals surface area contributed by atoms with Crippen molar-refractivity contribution in [1.82, 2.24) is 9.78 Å². The summed E-state index contributed by atoms with van der Waals surface area (Å²) in [7, 11) is 0. The molecule has 2 heterocycles. The molecule has 7 nitrogen and oxygen atoms in total. The molecular formula is C19H17BrN3O4-. The molecule has 8 heteroatoms. The molecule has 0 aliphatic heterocycles. The number of hydrogen-bond donors (Lipinski definition) is 1. The smallest absolute Gasteiger partial charge is 0.291 e. The van der Waals surface area contributed by atoms with Gasteiger partial charge in [0.2, 0.25) is 0 Å². The van der Waals surface area contributed by atoms with Crippen LogP contribution in [0.25, 0.3) is 0 Å². The van der Waals surface area contributed by atoms with Crippen LogP contribution < -0.4 is 10.4 Å². The molecule has 3 rings (SSSR count). The van der Waals surface area contributed by atoms with Crippen LogP contribution in [-0.2, 0) is 6.54 Å². The van der Waals surface area contributed by atoms with Gasteiger partial charge in [-0.15, -0.1) is 0 Å². The van der Waals surface area contributed by atoms with Crippen molar-refractivity contribution < 1.29 is 19.1 Å². The molecule has 1 N–H and O–H groups in total.